The van der Waals surface area contributed by atoms with Gasteiger partial charge in [-0.05, 0) is 56.1 Å². The summed E-state index contributed by atoms with van der Waals surface area (Å²) >= 11 is 19.5. The lowest BCUT2D eigenvalue weighted by atomic mass is 9.84. The van der Waals surface area contributed by atoms with Gasteiger partial charge in [-0.3, -0.25) is 4.79 Å². The van der Waals surface area contributed by atoms with Gasteiger partial charge in [0.05, 0.1) is 11.5 Å². The minimum absolute atomic E-state index is 0.283. The molecule has 2 aliphatic rings. The van der Waals surface area contributed by atoms with E-state index in [2.05, 4.69) is 10.2 Å². The van der Waals surface area contributed by atoms with E-state index in [4.69, 9.17) is 39.5 Å². The highest BCUT2D eigenvalue weighted by Gasteiger charge is 2.38. The lowest BCUT2D eigenvalue weighted by Crippen LogP contribution is -2.51. The maximum absolute atomic E-state index is 12.3. The van der Waals surface area contributed by atoms with E-state index in [0.717, 1.165) is 6.42 Å². The molecule has 140 valence electrons. The first kappa shape index (κ1) is 19.7. The molecule has 2 aliphatic heterocycles. The zero-order chi connectivity index (χ0) is 17.9. The molecule has 0 aliphatic carbocycles. The molecular weight excluding hydrogens is 403 g/mol. The second-order valence-corrected chi connectivity index (χ2v) is 10.0. The minimum atomic E-state index is -1.71. The van der Waals surface area contributed by atoms with E-state index < -0.39 is 10.0 Å². The highest BCUT2D eigenvalue weighted by atomic mass is 35.6. The Labute approximate surface area is 167 Å². The molecule has 1 amide bonds. The van der Waals surface area contributed by atoms with E-state index in [9.17, 15) is 4.79 Å². The third kappa shape index (κ3) is 5.24. The number of ether oxygens (including phenoxy) is 1. The van der Waals surface area contributed by atoms with Crippen LogP contribution in [0.4, 0.5) is 0 Å². The van der Waals surface area contributed by atoms with Crippen LogP contribution in [0.25, 0.3) is 0 Å². The van der Waals surface area contributed by atoms with Crippen molar-refractivity contribution in [2.45, 2.75) is 48.2 Å². The van der Waals surface area contributed by atoms with Crippen LogP contribution in [0.5, 0.6) is 0 Å². The van der Waals surface area contributed by atoms with Crippen molar-refractivity contribution in [1.82, 2.24) is 10.2 Å². The van der Waals surface area contributed by atoms with Gasteiger partial charge in [0.2, 0.25) is 3.79 Å². The molecular formula is C17H23Cl3N2O2S. The third-order valence-corrected chi connectivity index (χ3v) is 6.47. The zero-order valence-electron chi connectivity index (χ0n) is 13.9. The summed E-state index contributed by atoms with van der Waals surface area (Å²) < 4.78 is 4.20. The Morgan fingerprint density at radius 1 is 1.32 bits per heavy atom. The number of carbonyl (C=O) groups excluding carboxylic acids is 1. The number of nitrogens with one attached hydrogen (secondary N) is 1. The molecule has 4 nitrogen and oxygen atoms in total. The normalized spacial score (nSPS) is 26.0. The quantitative estimate of drug-likeness (QED) is 0.559. The minimum Gasteiger partial charge on any atom is -0.354 e. The van der Waals surface area contributed by atoms with Gasteiger partial charge in [0.1, 0.15) is 0 Å². The standard InChI is InChI=1S/C17H23Cl3N2O2S/c18-17(19,20)16(21-15(23)14-7-4-10-25-14)24-11-12-5-3-9-22-8-2-1-6-13(12)22/h4,7,10,12-13,16H,1-3,5-6,8-9,11H2,(H,21,23). The number of piperidine rings is 2. The molecule has 3 heterocycles. The first-order valence-electron chi connectivity index (χ1n) is 8.72. The van der Waals surface area contributed by atoms with Crippen molar-refractivity contribution < 1.29 is 9.53 Å². The fraction of sp³-hybridized carbons (Fsp3) is 0.706. The summed E-state index contributed by atoms with van der Waals surface area (Å²) in [6.45, 7) is 2.83. The first-order chi connectivity index (χ1) is 11.9. The first-order valence-corrected chi connectivity index (χ1v) is 10.7. The number of amides is 1. The molecule has 2 fully saturated rings. The average Bonchev–Trinajstić information content (AvgIpc) is 3.12. The predicted octanol–water partition coefficient (Wildman–Crippen LogP) is 4.46. The van der Waals surface area contributed by atoms with Crippen LogP contribution < -0.4 is 5.32 Å². The number of carbonyl (C=O) groups is 1. The van der Waals surface area contributed by atoms with Gasteiger partial charge in [-0.15, -0.1) is 11.3 Å². The van der Waals surface area contributed by atoms with Gasteiger partial charge in [0.25, 0.3) is 5.91 Å². The predicted molar refractivity (Wildman–Crippen MR) is 104 cm³/mol. The Morgan fingerprint density at radius 2 is 2.12 bits per heavy atom. The van der Waals surface area contributed by atoms with Crippen LogP contribution in [-0.2, 0) is 4.74 Å². The summed E-state index contributed by atoms with van der Waals surface area (Å²) in [5, 5.41) is 4.54. The van der Waals surface area contributed by atoms with Crippen molar-refractivity contribution in [2.24, 2.45) is 5.92 Å². The van der Waals surface area contributed by atoms with Crippen LogP contribution >= 0.6 is 46.1 Å². The van der Waals surface area contributed by atoms with Gasteiger partial charge in [0.15, 0.2) is 6.23 Å². The molecule has 0 radical (unpaired) electrons. The number of halogens is 3. The number of hydrogen-bond donors (Lipinski definition) is 1. The third-order valence-electron chi connectivity index (χ3n) is 5.01. The number of alkyl halides is 3. The van der Waals surface area contributed by atoms with E-state index in [-0.39, 0.29) is 5.91 Å². The van der Waals surface area contributed by atoms with Crippen LogP contribution in [0.3, 0.4) is 0 Å². The lowest BCUT2D eigenvalue weighted by Gasteiger charge is -2.44. The van der Waals surface area contributed by atoms with E-state index in [0.29, 0.717) is 23.4 Å². The van der Waals surface area contributed by atoms with Gasteiger partial charge in [0, 0.05) is 6.04 Å². The highest BCUT2D eigenvalue weighted by Crippen LogP contribution is 2.34. The summed E-state index contributed by atoms with van der Waals surface area (Å²) in [4.78, 5) is 15.4. The average molecular weight is 426 g/mol. The second kappa shape index (κ2) is 8.77. The Bertz CT molecular complexity index is 563. The Balaban J connectivity index is 1.59. The van der Waals surface area contributed by atoms with Crippen molar-refractivity contribution in [2.75, 3.05) is 19.7 Å². The lowest BCUT2D eigenvalue weighted by molar-refractivity contribution is -0.0324. The molecule has 0 saturated carbocycles. The summed E-state index contributed by atoms with van der Waals surface area (Å²) in [5.41, 5.74) is 0. The van der Waals surface area contributed by atoms with Gasteiger partial charge < -0.3 is 15.0 Å². The molecule has 3 rings (SSSR count). The van der Waals surface area contributed by atoms with Crippen LogP contribution in [0, 0.1) is 5.92 Å². The van der Waals surface area contributed by atoms with Crippen LogP contribution in [0.2, 0.25) is 0 Å². The van der Waals surface area contributed by atoms with E-state index in [1.165, 1.54) is 50.1 Å². The van der Waals surface area contributed by atoms with Crippen molar-refractivity contribution in [3.63, 3.8) is 0 Å². The molecule has 2 saturated heterocycles. The zero-order valence-corrected chi connectivity index (χ0v) is 17.0. The molecule has 1 aromatic heterocycles. The molecule has 0 aromatic carbocycles. The number of nitrogens with zero attached hydrogens (tertiary/aromatic N) is 1. The monoisotopic (exact) mass is 424 g/mol. The number of thiophene rings is 1. The SMILES string of the molecule is O=C(NC(OCC1CCCN2CCCCC12)C(Cl)(Cl)Cl)c1cccs1. The fourth-order valence-corrected chi connectivity index (χ4v) is 4.79. The largest absolute Gasteiger partial charge is 0.354 e. The van der Waals surface area contributed by atoms with E-state index in [1.807, 2.05) is 11.4 Å². The van der Waals surface area contributed by atoms with Crippen LogP contribution in [0.15, 0.2) is 17.5 Å². The summed E-state index contributed by atoms with van der Waals surface area (Å²) in [6.07, 6.45) is 5.06. The Morgan fingerprint density at radius 3 is 2.84 bits per heavy atom. The summed E-state index contributed by atoms with van der Waals surface area (Å²) in [6, 6.07) is 4.09. The van der Waals surface area contributed by atoms with Crippen molar-refractivity contribution in [3.8, 4) is 0 Å². The molecule has 0 bridgehead atoms. The van der Waals surface area contributed by atoms with Gasteiger partial charge in [-0.1, -0.05) is 47.3 Å². The van der Waals surface area contributed by atoms with Gasteiger partial charge in [-0.25, -0.2) is 0 Å². The number of hydrogen-bond acceptors (Lipinski definition) is 4. The van der Waals surface area contributed by atoms with Crippen molar-refractivity contribution in [3.05, 3.63) is 22.4 Å². The number of rotatable bonds is 5. The maximum Gasteiger partial charge on any atom is 0.263 e. The summed E-state index contributed by atoms with van der Waals surface area (Å²) in [5.74, 6) is 0.136. The molecule has 25 heavy (non-hydrogen) atoms. The van der Waals surface area contributed by atoms with Crippen LogP contribution in [0.1, 0.15) is 41.8 Å². The van der Waals surface area contributed by atoms with E-state index in [1.54, 1.807) is 6.07 Å². The smallest absolute Gasteiger partial charge is 0.263 e. The van der Waals surface area contributed by atoms with Gasteiger partial charge in [-0.2, -0.15) is 0 Å². The molecule has 3 unspecified atom stereocenters. The second-order valence-electron chi connectivity index (χ2n) is 6.71. The molecule has 1 N–H and O–H groups in total. The molecule has 3 atom stereocenters. The molecule has 0 spiro atoms. The topological polar surface area (TPSA) is 41.6 Å². The molecule has 8 heteroatoms. The Kier molecular flexibility index (Phi) is 6.91. The highest BCUT2D eigenvalue weighted by molar-refractivity contribution is 7.12. The Hall–Kier alpha value is -0.0400. The van der Waals surface area contributed by atoms with Gasteiger partial charge >= 0.3 is 0 Å². The van der Waals surface area contributed by atoms with Crippen LogP contribution in [-0.4, -0.2) is 46.6 Å². The van der Waals surface area contributed by atoms with E-state index >= 15 is 0 Å². The fourth-order valence-electron chi connectivity index (χ4n) is 3.81. The van der Waals surface area contributed by atoms with Crippen molar-refractivity contribution in [1.29, 1.82) is 0 Å². The number of fused-ring (bicyclic) bond motifs is 1. The van der Waals surface area contributed by atoms with Crippen molar-refractivity contribution >= 4 is 52.0 Å². The summed E-state index contributed by atoms with van der Waals surface area (Å²) in [7, 11) is 0. The molecule has 1 aromatic rings. The maximum atomic E-state index is 12.3.